The Kier molecular flexibility index (Phi) is 12.5. The van der Waals surface area contributed by atoms with Crippen molar-refractivity contribution >= 4 is 29.7 Å². The highest BCUT2D eigenvalue weighted by Crippen LogP contribution is 2.13. The SMILES string of the molecule is NCCCCC(NC(=O)C(Cc1ccc(O)cc1)NC(=O)C1CCCN1)C(=O)NC(CCC(=O)O)C(=O)O. The van der Waals surface area contributed by atoms with E-state index in [2.05, 4.69) is 21.3 Å². The summed E-state index contributed by atoms with van der Waals surface area (Å²) in [5.41, 5.74) is 6.21. The maximum absolute atomic E-state index is 13.4. The molecule has 13 nitrogen and oxygen atoms in total. The zero-order valence-electron chi connectivity index (χ0n) is 21.2. The van der Waals surface area contributed by atoms with Crippen molar-refractivity contribution < 1.29 is 39.3 Å². The molecular formula is C25H37N5O8. The van der Waals surface area contributed by atoms with Crippen LogP contribution in [0, 0.1) is 0 Å². The number of nitrogens with one attached hydrogen (secondary N) is 4. The molecule has 1 aliphatic heterocycles. The molecule has 0 aliphatic carbocycles. The molecule has 0 aromatic heterocycles. The van der Waals surface area contributed by atoms with Crippen molar-refractivity contribution in [3.8, 4) is 5.75 Å². The number of hydrogen-bond donors (Lipinski definition) is 8. The second-order valence-electron chi connectivity index (χ2n) is 9.26. The summed E-state index contributed by atoms with van der Waals surface area (Å²) in [6, 6.07) is 2.05. The molecule has 4 unspecified atom stereocenters. The number of benzene rings is 1. The molecule has 13 heteroatoms. The van der Waals surface area contributed by atoms with Gasteiger partial charge in [-0.1, -0.05) is 12.1 Å². The van der Waals surface area contributed by atoms with E-state index in [4.69, 9.17) is 10.8 Å². The number of phenols is 1. The minimum atomic E-state index is -1.45. The van der Waals surface area contributed by atoms with Crippen LogP contribution in [0.1, 0.15) is 50.5 Å². The molecule has 2 rings (SSSR count). The van der Waals surface area contributed by atoms with Gasteiger partial charge in [-0.05, 0) is 69.3 Å². The van der Waals surface area contributed by atoms with E-state index in [1.54, 1.807) is 12.1 Å². The van der Waals surface area contributed by atoms with E-state index in [9.17, 15) is 34.2 Å². The number of rotatable bonds is 16. The predicted octanol–water partition coefficient (Wildman–Crippen LogP) is -0.780. The number of carboxylic acid groups (broad SMARTS) is 2. The lowest BCUT2D eigenvalue weighted by atomic mass is 10.0. The minimum absolute atomic E-state index is 0.0430. The van der Waals surface area contributed by atoms with Gasteiger partial charge in [-0.15, -0.1) is 0 Å². The summed E-state index contributed by atoms with van der Waals surface area (Å²) >= 11 is 0. The highest BCUT2D eigenvalue weighted by atomic mass is 16.4. The molecule has 1 heterocycles. The van der Waals surface area contributed by atoms with Crippen LogP contribution in [-0.2, 0) is 30.4 Å². The van der Waals surface area contributed by atoms with Gasteiger partial charge in [0, 0.05) is 12.8 Å². The van der Waals surface area contributed by atoms with E-state index in [-0.39, 0.29) is 30.9 Å². The molecule has 4 atom stereocenters. The average Bonchev–Trinajstić information content (AvgIpc) is 3.41. The van der Waals surface area contributed by atoms with Crippen LogP contribution in [0.2, 0.25) is 0 Å². The number of phenolic OH excluding ortho intramolecular Hbond substituents is 1. The monoisotopic (exact) mass is 535 g/mol. The van der Waals surface area contributed by atoms with Gasteiger partial charge in [0.1, 0.15) is 23.9 Å². The lowest BCUT2D eigenvalue weighted by molar-refractivity contribution is -0.143. The van der Waals surface area contributed by atoms with E-state index in [1.807, 2.05) is 0 Å². The quantitative estimate of drug-likeness (QED) is 0.123. The van der Waals surface area contributed by atoms with Crippen molar-refractivity contribution in [3.63, 3.8) is 0 Å². The number of amides is 3. The molecule has 3 amide bonds. The van der Waals surface area contributed by atoms with Gasteiger partial charge in [0.2, 0.25) is 17.7 Å². The first-order chi connectivity index (χ1) is 18.1. The van der Waals surface area contributed by atoms with E-state index < -0.39 is 54.3 Å². The van der Waals surface area contributed by atoms with Crippen molar-refractivity contribution in [3.05, 3.63) is 29.8 Å². The highest BCUT2D eigenvalue weighted by Gasteiger charge is 2.31. The van der Waals surface area contributed by atoms with Crippen LogP contribution in [-0.4, -0.2) is 82.2 Å². The van der Waals surface area contributed by atoms with Crippen molar-refractivity contribution in [2.75, 3.05) is 13.1 Å². The van der Waals surface area contributed by atoms with Crippen LogP contribution in [0.25, 0.3) is 0 Å². The highest BCUT2D eigenvalue weighted by molar-refractivity contribution is 5.94. The third-order valence-electron chi connectivity index (χ3n) is 6.23. The van der Waals surface area contributed by atoms with Gasteiger partial charge in [-0.25, -0.2) is 4.79 Å². The van der Waals surface area contributed by atoms with Crippen LogP contribution in [0.15, 0.2) is 24.3 Å². The minimum Gasteiger partial charge on any atom is -0.508 e. The summed E-state index contributed by atoms with van der Waals surface area (Å²) in [7, 11) is 0. The van der Waals surface area contributed by atoms with E-state index in [0.717, 1.165) is 6.42 Å². The Labute approximate surface area is 220 Å². The maximum atomic E-state index is 13.4. The molecule has 0 spiro atoms. The summed E-state index contributed by atoms with van der Waals surface area (Å²) < 4.78 is 0. The molecule has 38 heavy (non-hydrogen) atoms. The normalized spacial score (nSPS) is 17.1. The number of aromatic hydroxyl groups is 1. The van der Waals surface area contributed by atoms with Crippen LogP contribution < -0.4 is 27.0 Å². The molecule has 1 saturated heterocycles. The van der Waals surface area contributed by atoms with Crippen LogP contribution in [0.4, 0.5) is 0 Å². The second kappa shape index (κ2) is 15.5. The maximum Gasteiger partial charge on any atom is 0.326 e. The Balaban J connectivity index is 2.19. The lowest BCUT2D eigenvalue weighted by Gasteiger charge is -2.25. The van der Waals surface area contributed by atoms with Crippen LogP contribution in [0.3, 0.4) is 0 Å². The zero-order valence-corrected chi connectivity index (χ0v) is 21.2. The fraction of sp³-hybridized carbons (Fsp3) is 0.560. The molecule has 1 aliphatic rings. The van der Waals surface area contributed by atoms with E-state index in [0.29, 0.717) is 37.9 Å². The first-order valence-corrected chi connectivity index (χ1v) is 12.7. The first-order valence-electron chi connectivity index (χ1n) is 12.7. The Morgan fingerprint density at radius 2 is 1.58 bits per heavy atom. The van der Waals surface area contributed by atoms with Gasteiger partial charge >= 0.3 is 11.9 Å². The number of carboxylic acids is 2. The molecule has 0 radical (unpaired) electrons. The number of nitrogens with two attached hydrogens (primary N) is 1. The molecule has 9 N–H and O–H groups in total. The van der Waals surface area contributed by atoms with Crippen molar-refractivity contribution in [1.82, 2.24) is 21.3 Å². The summed E-state index contributed by atoms with van der Waals surface area (Å²) in [5, 5.41) is 38.6. The molecule has 0 bridgehead atoms. The molecule has 1 aromatic carbocycles. The van der Waals surface area contributed by atoms with Gasteiger partial charge in [-0.2, -0.15) is 0 Å². The molecule has 0 saturated carbocycles. The molecular weight excluding hydrogens is 498 g/mol. The standard InChI is InChI=1S/C25H37N5O8/c26-12-2-1-4-18(23(35)29-19(25(37)38)10-11-21(32)33)28-24(36)20(14-15-6-8-16(31)9-7-15)30-22(34)17-5-3-13-27-17/h6-9,17-20,27,31H,1-5,10-14,26H2,(H,28,36)(H,29,35)(H,30,34)(H,32,33)(H,37,38). The number of hydrogen-bond acceptors (Lipinski definition) is 8. The van der Waals surface area contributed by atoms with Crippen LogP contribution in [0.5, 0.6) is 5.75 Å². The Morgan fingerprint density at radius 1 is 0.921 bits per heavy atom. The van der Waals surface area contributed by atoms with E-state index in [1.165, 1.54) is 12.1 Å². The third-order valence-corrected chi connectivity index (χ3v) is 6.23. The smallest absolute Gasteiger partial charge is 0.326 e. The van der Waals surface area contributed by atoms with Gasteiger partial charge < -0.3 is 42.3 Å². The van der Waals surface area contributed by atoms with Crippen molar-refractivity contribution in [1.29, 1.82) is 0 Å². The number of unbranched alkanes of at least 4 members (excludes halogenated alkanes) is 1. The van der Waals surface area contributed by atoms with Gasteiger partial charge in [0.15, 0.2) is 0 Å². The molecule has 1 fully saturated rings. The summed E-state index contributed by atoms with van der Waals surface area (Å²) in [6.45, 7) is 1.04. The zero-order chi connectivity index (χ0) is 28.1. The summed E-state index contributed by atoms with van der Waals surface area (Å²) in [6.07, 6.45) is 1.91. The van der Waals surface area contributed by atoms with Crippen molar-refractivity contribution in [2.45, 2.75) is 75.5 Å². The number of aliphatic carboxylic acids is 2. The van der Waals surface area contributed by atoms with E-state index >= 15 is 0 Å². The predicted molar refractivity (Wildman–Crippen MR) is 136 cm³/mol. The second-order valence-corrected chi connectivity index (χ2v) is 9.26. The topological polar surface area (TPSA) is 220 Å². The summed E-state index contributed by atoms with van der Waals surface area (Å²) in [5.74, 6) is -4.34. The number of carbonyl (C=O) groups is 5. The third kappa shape index (κ3) is 10.3. The Bertz CT molecular complexity index is 965. The summed E-state index contributed by atoms with van der Waals surface area (Å²) in [4.78, 5) is 61.5. The fourth-order valence-electron chi connectivity index (χ4n) is 4.09. The van der Waals surface area contributed by atoms with Gasteiger partial charge in [0.25, 0.3) is 0 Å². The molecule has 1 aromatic rings. The Hall–Kier alpha value is -3.71. The van der Waals surface area contributed by atoms with Gasteiger partial charge in [0.05, 0.1) is 6.04 Å². The largest absolute Gasteiger partial charge is 0.508 e. The fourth-order valence-corrected chi connectivity index (χ4v) is 4.09. The number of carbonyl (C=O) groups excluding carboxylic acids is 3. The molecule has 210 valence electrons. The van der Waals surface area contributed by atoms with Crippen molar-refractivity contribution in [2.24, 2.45) is 5.73 Å². The first kappa shape index (κ1) is 30.5. The van der Waals surface area contributed by atoms with Gasteiger partial charge in [-0.3, -0.25) is 19.2 Å². The average molecular weight is 536 g/mol. The Morgan fingerprint density at radius 3 is 2.16 bits per heavy atom. The lowest BCUT2D eigenvalue weighted by Crippen LogP contribution is -2.57. The van der Waals surface area contributed by atoms with Crippen LogP contribution >= 0.6 is 0 Å².